The number of hydrogen-bond donors (Lipinski definition) is 0. The summed E-state index contributed by atoms with van der Waals surface area (Å²) in [7, 11) is -1.19. The summed E-state index contributed by atoms with van der Waals surface area (Å²) in [5.74, 6) is 0. The van der Waals surface area contributed by atoms with Crippen molar-refractivity contribution in [2.45, 2.75) is 47.3 Å². The zero-order valence-electron chi connectivity index (χ0n) is 10.6. The molecular formula is C13H22Si. The van der Waals surface area contributed by atoms with Crippen LogP contribution in [0.4, 0.5) is 0 Å². The molecule has 1 heteroatoms. The van der Waals surface area contributed by atoms with Crippen molar-refractivity contribution in [3.8, 4) is 0 Å². The van der Waals surface area contributed by atoms with Gasteiger partial charge in [0.15, 0.2) is 0 Å². The van der Waals surface area contributed by atoms with Gasteiger partial charge in [0.25, 0.3) is 0 Å². The smallest absolute Gasteiger partial charge is 0.0656 e. The first-order valence-electron chi connectivity index (χ1n) is 5.33. The maximum Gasteiger partial charge on any atom is 0.0783 e. The van der Waals surface area contributed by atoms with Crippen LogP contribution in [0.25, 0.3) is 0 Å². The lowest BCUT2D eigenvalue weighted by molar-refractivity contribution is 1.26. The SMILES string of the molecule is Cc1cc(C)c(C)c([Si](C)(C)C)c1C. The molecule has 0 radical (unpaired) electrons. The summed E-state index contributed by atoms with van der Waals surface area (Å²) in [6.45, 7) is 16.3. The predicted molar refractivity (Wildman–Crippen MR) is 68.4 cm³/mol. The van der Waals surface area contributed by atoms with Gasteiger partial charge in [0, 0.05) is 0 Å². The minimum Gasteiger partial charge on any atom is -0.0656 e. The fraction of sp³-hybridized carbons (Fsp3) is 0.538. The summed E-state index contributed by atoms with van der Waals surface area (Å²) < 4.78 is 0. The number of hydrogen-bond acceptors (Lipinski definition) is 0. The van der Waals surface area contributed by atoms with E-state index in [0.717, 1.165) is 0 Å². The van der Waals surface area contributed by atoms with Gasteiger partial charge < -0.3 is 0 Å². The molecule has 0 aliphatic rings. The molecule has 1 rings (SSSR count). The second-order valence-corrected chi connectivity index (χ2v) is 10.4. The van der Waals surface area contributed by atoms with E-state index < -0.39 is 8.07 Å². The lowest BCUT2D eigenvalue weighted by Gasteiger charge is -2.25. The zero-order valence-corrected chi connectivity index (χ0v) is 11.6. The summed E-state index contributed by atoms with van der Waals surface area (Å²) in [6.07, 6.45) is 0. The Bertz CT molecular complexity index is 330. The van der Waals surface area contributed by atoms with Crippen LogP contribution in [0.1, 0.15) is 22.3 Å². The van der Waals surface area contributed by atoms with Crippen molar-refractivity contribution in [2.75, 3.05) is 0 Å². The van der Waals surface area contributed by atoms with Crippen molar-refractivity contribution in [3.05, 3.63) is 28.3 Å². The average Bonchev–Trinajstić information content (AvgIpc) is 1.98. The van der Waals surface area contributed by atoms with Gasteiger partial charge in [-0.25, -0.2) is 0 Å². The second-order valence-electron chi connectivity index (χ2n) is 5.39. The molecule has 0 N–H and O–H groups in total. The normalized spacial score (nSPS) is 11.9. The van der Waals surface area contributed by atoms with E-state index in [1.165, 1.54) is 22.3 Å². The fourth-order valence-corrected chi connectivity index (χ4v) is 4.99. The molecule has 0 unspecified atom stereocenters. The van der Waals surface area contributed by atoms with Gasteiger partial charge in [-0.1, -0.05) is 30.9 Å². The number of aryl methyl sites for hydroxylation is 2. The first-order valence-corrected chi connectivity index (χ1v) is 8.83. The van der Waals surface area contributed by atoms with Crippen molar-refractivity contribution < 1.29 is 0 Å². The Balaban J connectivity index is 3.56. The van der Waals surface area contributed by atoms with Crippen molar-refractivity contribution >= 4 is 13.3 Å². The molecule has 0 amide bonds. The Labute approximate surface area is 89.4 Å². The topological polar surface area (TPSA) is 0 Å². The molecule has 0 fully saturated rings. The number of rotatable bonds is 1. The summed E-state index contributed by atoms with van der Waals surface area (Å²) in [5.41, 5.74) is 5.94. The highest BCUT2D eigenvalue weighted by atomic mass is 28.3. The Kier molecular flexibility index (Phi) is 2.91. The van der Waals surface area contributed by atoms with Crippen LogP contribution in [-0.2, 0) is 0 Å². The first-order chi connectivity index (χ1) is 6.25. The molecule has 78 valence electrons. The molecule has 0 atom stereocenters. The number of benzene rings is 1. The van der Waals surface area contributed by atoms with Crippen LogP contribution >= 0.6 is 0 Å². The third-order valence-corrected chi connectivity index (χ3v) is 5.37. The third kappa shape index (κ3) is 1.93. The van der Waals surface area contributed by atoms with E-state index in [1.54, 1.807) is 5.19 Å². The maximum atomic E-state index is 2.43. The molecule has 0 nitrogen and oxygen atoms in total. The van der Waals surface area contributed by atoms with Gasteiger partial charge in [0.1, 0.15) is 0 Å². The van der Waals surface area contributed by atoms with Crippen LogP contribution < -0.4 is 5.19 Å². The molecule has 0 heterocycles. The van der Waals surface area contributed by atoms with E-state index in [4.69, 9.17) is 0 Å². The van der Waals surface area contributed by atoms with Crippen molar-refractivity contribution in [1.82, 2.24) is 0 Å². The Hall–Kier alpha value is -0.563. The molecule has 0 saturated carbocycles. The second kappa shape index (κ2) is 3.54. The summed E-state index contributed by atoms with van der Waals surface area (Å²) in [4.78, 5) is 0. The molecule has 1 aromatic carbocycles. The molecule has 0 aliphatic carbocycles. The van der Waals surface area contributed by atoms with Gasteiger partial charge in [-0.2, -0.15) is 0 Å². The highest BCUT2D eigenvalue weighted by Crippen LogP contribution is 2.17. The van der Waals surface area contributed by atoms with E-state index in [0.29, 0.717) is 0 Å². The van der Waals surface area contributed by atoms with Crippen molar-refractivity contribution in [3.63, 3.8) is 0 Å². The van der Waals surface area contributed by atoms with E-state index in [9.17, 15) is 0 Å². The van der Waals surface area contributed by atoms with Crippen LogP contribution in [0, 0.1) is 27.7 Å². The minimum atomic E-state index is -1.19. The largest absolute Gasteiger partial charge is 0.0783 e. The highest BCUT2D eigenvalue weighted by molar-refractivity contribution is 6.89. The standard InChI is InChI=1S/C13H22Si/c1-9-8-10(2)12(4)13(11(9)3)14(5,6)7/h8H,1-7H3. The fourth-order valence-electron chi connectivity index (χ4n) is 2.34. The van der Waals surface area contributed by atoms with Gasteiger partial charge in [0.2, 0.25) is 0 Å². The van der Waals surface area contributed by atoms with E-state index in [1.807, 2.05) is 0 Å². The van der Waals surface area contributed by atoms with Gasteiger partial charge >= 0.3 is 0 Å². The van der Waals surface area contributed by atoms with Crippen molar-refractivity contribution in [1.29, 1.82) is 0 Å². The average molecular weight is 206 g/mol. The minimum absolute atomic E-state index is 1.19. The van der Waals surface area contributed by atoms with E-state index in [-0.39, 0.29) is 0 Å². The molecule has 1 aromatic rings. The molecule has 0 aromatic heterocycles. The van der Waals surface area contributed by atoms with Crippen LogP contribution in [-0.4, -0.2) is 8.07 Å². The first kappa shape index (κ1) is 11.5. The lowest BCUT2D eigenvalue weighted by atomic mass is 10.0. The molecule has 0 bridgehead atoms. The zero-order chi connectivity index (χ0) is 11.1. The maximum absolute atomic E-state index is 2.43. The van der Waals surface area contributed by atoms with Crippen molar-refractivity contribution in [2.24, 2.45) is 0 Å². The predicted octanol–water partition coefficient (Wildman–Crippen LogP) is 3.47. The molecule has 0 saturated heterocycles. The van der Waals surface area contributed by atoms with E-state index >= 15 is 0 Å². The van der Waals surface area contributed by atoms with Crippen LogP contribution in [0.2, 0.25) is 19.6 Å². The summed E-state index contributed by atoms with van der Waals surface area (Å²) in [6, 6.07) is 2.31. The molecule has 0 aliphatic heterocycles. The molecule has 14 heavy (non-hydrogen) atoms. The molecule has 0 spiro atoms. The monoisotopic (exact) mass is 206 g/mol. The van der Waals surface area contributed by atoms with E-state index in [2.05, 4.69) is 53.4 Å². The van der Waals surface area contributed by atoms with Gasteiger partial charge in [-0.15, -0.1) is 0 Å². The molecular weight excluding hydrogens is 184 g/mol. The summed E-state index contributed by atoms with van der Waals surface area (Å²) >= 11 is 0. The Morgan fingerprint density at radius 2 is 1.14 bits per heavy atom. The van der Waals surface area contributed by atoms with Gasteiger partial charge in [-0.3, -0.25) is 0 Å². The van der Waals surface area contributed by atoms with Gasteiger partial charge in [0.05, 0.1) is 8.07 Å². The Morgan fingerprint density at radius 3 is 1.43 bits per heavy atom. The van der Waals surface area contributed by atoms with Crippen LogP contribution in [0.3, 0.4) is 0 Å². The quantitative estimate of drug-likeness (QED) is 0.617. The van der Waals surface area contributed by atoms with Crippen LogP contribution in [0.5, 0.6) is 0 Å². The Morgan fingerprint density at radius 1 is 0.786 bits per heavy atom. The highest BCUT2D eigenvalue weighted by Gasteiger charge is 2.22. The summed E-state index contributed by atoms with van der Waals surface area (Å²) in [5, 5.41) is 1.66. The van der Waals surface area contributed by atoms with Gasteiger partial charge in [-0.05, 0) is 49.9 Å². The van der Waals surface area contributed by atoms with Crippen LogP contribution in [0.15, 0.2) is 6.07 Å². The lowest BCUT2D eigenvalue weighted by Crippen LogP contribution is -2.42. The third-order valence-electron chi connectivity index (χ3n) is 3.12.